The minimum atomic E-state index is -0.0692. The van der Waals surface area contributed by atoms with Gasteiger partial charge in [0.25, 0.3) is 0 Å². The first-order valence-corrected chi connectivity index (χ1v) is 4.32. The molecular weight excluding hydrogens is 147 g/mol. The zero-order chi connectivity index (χ0) is 7.40. The van der Waals surface area contributed by atoms with Crippen molar-refractivity contribution in [2.75, 3.05) is 6.26 Å². The first-order chi connectivity index (χ1) is 4.83. The Morgan fingerprint density at radius 2 is 2.40 bits per heavy atom. The number of halogens is 1. The molecule has 0 aromatic carbocycles. The van der Waals surface area contributed by atoms with Crippen molar-refractivity contribution in [3.8, 4) is 0 Å². The number of hydrogen-bond acceptors (Lipinski definition) is 1. The van der Waals surface area contributed by atoms with Crippen LogP contribution in [-0.4, -0.2) is 6.26 Å². The fraction of sp³-hybridized carbons (Fsp3) is 0.250. The van der Waals surface area contributed by atoms with Gasteiger partial charge in [0.05, 0.1) is 0 Å². The third kappa shape index (κ3) is 2.03. The van der Waals surface area contributed by atoms with E-state index >= 15 is 0 Å². The van der Waals surface area contributed by atoms with Crippen molar-refractivity contribution in [1.29, 1.82) is 0 Å². The van der Waals surface area contributed by atoms with Gasteiger partial charge in [-0.25, -0.2) is 4.39 Å². The normalized spacial score (nSPS) is 17.8. The molecular formula is C8H9FS. The van der Waals surface area contributed by atoms with E-state index in [1.165, 1.54) is 6.08 Å². The molecule has 54 valence electrons. The molecule has 0 unspecified atom stereocenters. The maximum absolute atomic E-state index is 12.5. The molecule has 0 atom stereocenters. The Hall–Kier alpha value is -0.500. The van der Waals surface area contributed by atoms with Crippen LogP contribution in [0, 0.1) is 0 Å². The van der Waals surface area contributed by atoms with Gasteiger partial charge in [-0.1, -0.05) is 12.2 Å². The minimum Gasteiger partial charge on any atom is -0.211 e. The summed E-state index contributed by atoms with van der Waals surface area (Å²) in [6.07, 6.45) is 9.46. The predicted octanol–water partition coefficient (Wildman–Crippen LogP) is 3.05. The van der Waals surface area contributed by atoms with Crippen molar-refractivity contribution in [3.05, 3.63) is 35.0 Å². The topological polar surface area (TPSA) is 0 Å². The third-order valence-corrected chi connectivity index (χ3v) is 2.05. The summed E-state index contributed by atoms with van der Waals surface area (Å²) in [5.41, 5.74) is 0. The lowest BCUT2D eigenvalue weighted by Gasteiger charge is -1.91. The van der Waals surface area contributed by atoms with Crippen molar-refractivity contribution in [3.63, 3.8) is 0 Å². The lowest BCUT2D eigenvalue weighted by atomic mass is 10.3. The summed E-state index contributed by atoms with van der Waals surface area (Å²) in [6, 6.07) is 0. The van der Waals surface area contributed by atoms with Gasteiger partial charge in [-0.3, -0.25) is 0 Å². The fourth-order valence-corrected chi connectivity index (χ4v) is 1.20. The molecule has 10 heavy (non-hydrogen) atoms. The van der Waals surface area contributed by atoms with E-state index in [0.29, 0.717) is 6.42 Å². The van der Waals surface area contributed by atoms with Gasteiger partial charge in [0.15, 0.2) is 0 Å². The highest BCUT2D eigenvalue weighted by molar-refractivity contribution is 8.02. The van der Waals surface area contributed by atoms with Crippen LogP contribution in [0.4, 0.5) is 4.39 Å². The number of hydrogen-bond donors (Lipinski definition) is 0. The van der Waals surface area contributed by atoms with Crippen LogP contribution in [0.3, 0.4) is 0 Å². The summed E-state index contributed by atoms with van der Waals surface area (Å²) in [7, 11) is 0. The maximum atomic E-state index is 12.5. The molecule has 1 aliphatic carbocycles. The highest BCUT2D eigenvalue weighted by Gasteiger charge is 1.95. The van der Waals surface area contributed by atoms with Crippen LogP contribution in [0.1, 0.15) is 6.42 Å². The maximum Gasteiger partial charge on any atom is 0.104 e. The molecule has 0 heterocycles. The van der Waals surface area contributed by atoms with Gasteiger partial charge in [0.1, 0.15) is 5.83 Å². The van der Waals surface area contributed by atoms with Crippen LogP contribution in [-0.2, 0) is 0 Å². The highest BCUT2D eigenvalue weighted by atomic mass is 32.2. The van der Waals surface area contributed by atoms with Crippen LogP contribution >= 0.6 is 11.8 Å². The van der Waals surface area contributed by atoms with Gasteiger partial charge < -0.3 is 0 Å². The SMILES string of the molecule is CSC1=CCC(F)=CC=C1. The molecule has 0 radical (unpaired) electrons. The second-order valence-corrected chi connectivity index (χ2v) is 2.87. The van der Waals surface area contributed by atoms with E-state index in [9.17, 15) is 4.39 Å². The summed E-state index contributed by atoms with van der Waals surface area (Å²) in [6.45, 7) is 0. The van der Waals surface area contributed by atoms with Crippen LogP contribution in [0.15, 0.2) is 35.0 Å². The van der Waals surface area contributed by atoms with Crippen LogP contribution in [0.25, 0.3) is 0 Å². The van der Waals surface area contributed by atoms with Gasteiger partial charge in [-0.05, 0) is 18.4 Å². The molecule has 0 saturated carbocycles. The quantitative estimate of drug-likeness (QED) is 0.562. The predicted molar refractivity (Wildman–Crippen MR) is 44.5 cm³/mol. The van der Waals surface area contributed by atoms with Gasteiger partial charge in [0, 0.05) is 11.3 Å². The molecule has 0 aliphatic heterocycles. The Morgan fingerprint density at radius 1 is 1.60 bits per heavy atom. The average molecular weight is 156 g/mol. The fourth-order valence-electron chi connectivity index (χ4n) is 0.733. The zero-order valence-electron chi connectivity index (χ0n) is 5.80. The number of allylic oxidation sites excluding steroid dienone is 5. The van der Waals surface area contributed by atoms with E-state index in [2.05, 4.69) is 0 Å². The Kier molecular flexibility index (Phi) is 2.75. The molecule has 0 nitrogen and oxygen atoms in total. The standard InChI is InChI=1S/C8H9FS/c1-10-8-4-2-3-7(9)5-6-8/h2-4,6H,5H2,1H3. The summed E-state index contributed by atoms with van der Waals surface area (Å²) in [4.78, 5) is 1.13. The van der Waals surface area contributed by atoms with Gasteiger partial charge in [-0.2, -0.15) is 0 Å². The molecule has 0 spiro atoms. The Balaban J connectivity index is 2.69. The lowest BCUT2D eigenvalue weighted by molar-refractivity contribution is 0.618. The second-order valence-electron chi connectivity index (χ2n) is 1.99. The van der Waals surface area contributed by atoms with Gasteiger partial charge in [0.2, 0.25) is 0 Å². The molecule has 0 bridgehead atoms. The lowest BCUT2D eigenvalue weighted by Crippen LogP contribution is -1.68. The molecule has 0 aromatic rings. The summed E-state index contributed by atoms with van der Waals surface area (Å²) >= 11 is 1.64. The molecule has 2 heteroatoms. The number of rotatable bonds is 1. The van der Waals surface area contributed by atoms with Crippen molar-refractivity contribution < 1.29 is 4.39 Å². The molecule has 0 N–H and O–H groups in total. The van der Waals surface area contributed by atoms with Crippen molar-refractivity contribution in [1.82, 2.24) is 0 Å². The Labute approximate surface area is 64.5 Å². The average Bonchev–Trinajstić information content (AvgIpc) is 2.14. The van der Waals surface area contributed by atoms with Crippen molar-refractivity contribution >= 4 is 11.8 Å². The van der Waals surface area contributed by atoms with E-state index < -0.39 is 0 Å². The van der Waals surface area contributed by atoms with Crippen molar-refractivity contribution in [2.45, 2.75) is 6.42 Å². The summed E-state index contributed by atoms with van der Waals surface area (Å²) < 4.78 is 12.5. The molecule has 0 saturated heterocycles. The second kappa shape index (κ2) is 3.62. The molecule has 1 aliphatic rings. The Bertz CT molecular complexity index is 201. The summed E-state index contributed by atoms with van der Waals surface area (Å²) in [5.74, 6) is -0.0692. The van der Waals surface area contributed by atoms with Crippen molar-refractivity contribution in [2.24, 2.45) is 0 Å². The molecule has 0 amide bonds. The van der Waals surface area contributed by atoms with Crippen LogP contribution in [0.2, 0.25) is 0 Å². The highest BCUT2D eigenvalue weighted by Crippen LogP contribution is 2.19. The first-order valence-electron chi connectivity index (χ1n) is 3.10. The smallest absolute Gasteiger partial charge is 0.104 e. The zero-order valence-corrected chi connectivity index (χ0v) is 6.62. The summed E-state index contributed by atoms with van der Waals surface area (Å²) in [5, 5.41) is 0. The molecule has 0 fully saturated rings. The minimum absolute atomic E-state index is 0.0692. The monoisotopic (exact) mass is 156 g/mol. The third-order valence-electron chi connectivity index (χ3n) is 1.27. The van der Waals surface area contributed by atoms with Crippen LogP contribution in [0.5, 0.6) is 0 Å². The molecule has 1 rings (SSSR count). The van der Waals surface area contributed by atoms with Gasteiger partial charge >= 0.3 is 0 Å². The van der Waals surface area contributed by atoms with E-state index in [4.69, 9.17) is 0 Å². The number of thioether (sulfide) groups is 1. The van der Waals surface area contributed by atoms with E-state index in [1.807, 2.05) is 18.4 Å². The first kappa shape index (κ1) is 7.61. The van der Waals surface area contributed by atoms with Crippen LogP contribution < -0.4 is 0 Å². The van der Waals surface area contributed by atoms with E-state index in [1.54, 1.807) is 17.8 Å². The van der Waals surface area contributed by atoms with Gasteiger partial charge in [-0.15, -0.1) is 11.8 Å². The largest absolute Gasteiger partial charge is 0.211 e. The molecule has 0 aromatic heterocycles. The van der Waals surface area contributed by atoms with E-state index in [-0.39, 0.29) is 5.83 Å². The Morgan fingerprint density at radius 3 is 3.10 bits per heavy atom. The van der Waals surface area contributed by atoms with E-state index in [0.717, 1.165) is 4.91 Å².